The molecular formula is C10H17N3O2. The van der Waals surface area contributed by atoms with Gasteiger partial charge in [-0.1, -0.05) is 0 Å². The predicted octanol–water partition coefficient (Wildman–Crippen LogP) is 0.448. The first-order valence-electron chi connectivity index (χ1n) is 5.27. The molecule has 1 fully saturated rings. The van der Waals surface area contributed by atoms with Crippen LogP contribution >= 0.6 is 0 Å². The van der Waals surface area contributed by atoms with E-state index in [1.165, 1.54) is 0 Å². The van der Waals surface area contributed by atoms with Gasteiger partial charge in [0.1, 0.15) is 5.84 Å². The topological polar surface area (TPSA) is 67.9 Å². The molecule has 2 heterocycles. The number of ether oxygens (including phenoxy) is 1. The smallest absolute Gasteiger partial charge is 0.250 e. The molecule has 2 aliphatic heterocycles. The van der Waals surface area contributed by atoms with Crippen molar-refractivity contribution in [3.63, 3.8) is 0 Å². The van der Waals surface area contributed by atoms with E-state index in [4.69, 9.17) is 10.5 Å². The monoisotopic (exact) mass is 211 g/mol. The Bertz CT molecular complexity index is 312. The summed E-state index contributed by atoms with van der Waals surface area (Å²) in [6.45, 7) is 4.75. The first-order chi connectivity index (χ1) is 6.98. The van der Waals surface area contributed by atoms with E-state index in [1.807, 2.05) is 13.8 Å². The van der Waals surface area contributed by atoms with Gasteiger partial charge in [-0.3, -0.25) is 4.79 Å². The van der Waals surface area contributed by atoms with Gasteiger partial charge in [0, 0.05) is 6.61 Å². The van der Waals surface area contributed by atoms with Crippen molar-refractivity contribution >= 4 is 11.7 Å². The zero-order chi connectivity index (χ0) is 11.1. The van der Waals surface area contributed by atoms with Crippen LogP contribution in [-0.2, 0) is 9.53 Å². The molecule has 84 valence electrons. The quantitative estimate of drug-likeness (QED) is 0.684. The number of hydrogen-bond acceptors (Lipinski definition) is 4. The van der Waals surface area contributed by atoms with E-state index >= 15 is 0 Å². The lowest BCUT2D eigenvalue weighted by molar-refractivity contribution is -0.137. The Labute approximate surface area is 89.3 Å². The van der Waals surface area contributed by atoms with Crippen molar-refractivity contribution in [2.45, 2.75) is 44.8 Å². The summed E-state index contributed by atoms with van der Waals surface area (Å²) >= 11 is 0. The fourth-order valence-corrected chi connectivity index (χ4v) is 2.16. The normalized spacial score (nSPS) is 30.5. The predicted molar refractivity (Wildman–Crippen MR) is 56.1 cm³/mol. The van der Waals surface area contributed by atoms with Gasteiger partial charge in [-0.05, 0) is 26.7 Å². The number of amides is 1. The first-order valence-corrected chi connectivity index (χ1v) is 5.27. The summed E-state index contributed by atoms with van der Waals surface area (Å²) in [5.41, 5.74) is 5.38. The fourth-order valence-electron chi connectivity index (χ4n) is 2.16. The van der Waals surface area contributed by atoms with E-state index in [1.54, 1.807) is 5.01 Å². The molecule has 0 unspecified atom stereocenters. The summed E-state index contributed by atoms with van der Waals surface area (Å²) in [4.78, 5) is 11.6. The number of nitrogens with two attached hydrogens (primary N) is 1. The van der Waals surface area contributed by atoms with Gasteiger partial charge in [0.25, 0.3) is 5.91 Å². The molecular weight excluding hydrogens is 194 g/mol. The molecule has 2 aliphatic rings. The van der Waals surface area contributed by atoms with Crippen molar-refractivity contribution < 1.29 is 9.53 Å². The average Bonchev–Trinajstić information content (AvgIpc) is 2.43. The molecule has 2 N–H and O–H groups in total. The lowest BCUT2D eigenvalue weighted by atomic mass is 9.93. The van der Waals surface area contributed by atoms with Crippen molar-refractivity contribution in [1.82, 2.24) is 5.01 Å². The number of carbonyl (C=O) groups is 1. The summed E-state index contributed by atoms with van der Waals surface area (Å²) in [7, 11) is 0. The molecule has 1 saturated heterocycles. The molecule has 0 bridgehead atoms. The Hall–Kier alpha value is -1.10. The van der Waals surface area contributed by atoms with Crippen LogP contribution < -0.4 is 5.73 Å². The van der Waals surface area contributed by atoms with Gasteiger partial charge in [0.2, 0.25) is 0 Å². The van der Waals surface area contributed by atoms with Gasteiger partial charge in [-0.25, -0.2) is 5.01 Å². The van der Waals surface area contributed by atoms with Crippen molar-refractivity contribution in [2.75, 3.05) is 6.61 Å². The number of rotatable bonds is 1. The molecule has 5 heteroatoms. The van der Waals surface area contributed by atoms with Crippen LogP contribution in [-0.4, -0.2) is 35.0 Å². The van der Waals surface area contributed by atoms with Gasteiger partial charge in [0.05, 0.1) is 18.1 Å². The second kappa shape index (κ2) is 3.48. The third-order valence-corrected chi connectivity index (χ3v) is 2.84. The molecule has 0 radical (unpaired) electrons. The fraction of sp³-hybridized carbons (Fsp3) is 0.800. The lowest BCUT2D eigenvalue weighted by Gasteiger charge is -2.37. The zero-order valence-corrected chi connectivity index (χ0v) is 9.19. The summed E-state index contributed by atoms with van der Waals surface area (Å²) in [6.07, 6.45) is 1.92. The van der Waals surface area contributed by atoms with E-state index in [9.17, 15) is 4.79 Å². The van der Waals surface area contributed by atoms with Crippen LogP contribution in [0.25, 0.3) is 0 Å². The summed E-state index contributed by atoms with van der Waals surface area (Å²) in [6, 6.07) is 0.141. The molecule has 0 saturated carbocycles. The first kappa shape index (κ1) is 10.4. The minimum Gasteiger partial charge on any atom is -0.385 e. The summed E-state index contributed by atoms with van der Waals surface area (Å²) in [5.74, 6) is 0.430. The minimum atomic E-state index is -0.171. The van der Waals surface area contributed by atoms with Crippen molar-refractivity contribution in [3.05, 3.63) is 0 Å². The molecule has 1 amide bonds. The van der Waals surface area contributed by atoms with Crippen LogP contribution in [0.1, 0.15) is 33.1 Å². The molecule has 0 aromatic rings. The molecule has 5 nitrogen and oxygen atoms in total. The maximum atomic E-state index is 11.6. The standard InChI is InChI=1S/C10H17N3O2/c1-10(2)6-7(3-4-15-10)13-9(14)5-8(11)12-13/h7H,3-6H2,1-2H3,(H2,11,12)/t7-/m0/s1. The largest absolute Gasteiger partial charge is 0.385 e. The van der Waals surface area contributed by atoms with Crippen LogP contribution in [0.4, 0.5) is 0 Å². The molecule has 15 heavy (non-hydrogen) atoms. The van der Waals surface area contributed by atoms with E-state index in [-0.39, 0.29) is 24.0 Å². The average molecular weight is 211 g/mol. The van der Waals surface area contributed by atoms with Crippen LogP contribution in [0.15, 0.2) is 5.10 Å². The van der Waals surface area contributed by atoms with E-state index in [0.717, 1.165) is 12.8 Å². The number of hydrogen-bond donors (Lipinski definition) is 1. The van der Waals surface area contributed by atoms with Gasteiger partial charge in [-0.2, -0.15) is 5.10 Å². The van der Waals surface area contributed by atoms with E-state index < -0.39 is 0 Å². The Morgan fingerprint density at radius 3 is 2.87 bits per heavy atom. The van der Waals surface area contributed by atoms with Crippen LogP contribution in [0.3, 0.4) is 0 Å². The molecule has 0 aliphatic carbocycles. The number of nitrogens with zero attached hydrogens (tertiary/aromatic N) is 2. The Balaban J connectivity index is 2.08. The molecule has 0 spiro atoms. The lowest BCUT2D eigenvalue weighted by Crippen LogP contribution is -2.44. The molecule has 0 aromatic carbocycles. The molecule has 2 rings (SSSR count). The number of hydrazone groups is 1. The maximum absolute atomic E-state index is 11.6. The highest BCUT2D eigenvalue weighted by molar-refractivity contribution is 6.03. The second-order valence-corrected chi connectivity index (χ2v) is 4.76. The summed E-state index contributed by atoms with van der Waals surface area (Å²) in [5, 5.41) is 5.62. The Morgan fingerprint density at radius 1 is 1.60 bits per heavy atom. The van der Waals surface area contributed by atoms with Crippen LogP contribution in [0.2, 0.25) is 0 Å². The van der Waals surface area contributed by atoms with Crippen LogP contribution in [0.5, 0.6) is 0 Å². The van der Waals surface area contributed by atoms with Crippen molar-refractivity contribution in [2.24, 2.45) is 10.8 Å². The maximum Gasteiger partial charge on any atom is 0.250 e. The van der Waals surface area contributed by atoms with E-state index in [2.05, 4.69) is 5.10 Å². The van der Waals surface area contributed by atoms with E-state index in [0.29, 0.717) is 12.4 Å². The van der Waals surface area contributed by atoms with Crippen LogP contribution in [0, 0.1) is 0 Å². The number of carbonyl (C=O) groups excluding carboxylic acids is 1. The van der Waals surface area contributed by atoms with Crippen molar-refractivity contribution in [3.8, 4) is 0 Å². The zero-order valence-electron chi connectivity index (χ0n) is 9.19. The number of amidine groups is 1. The SMILES string of the molecule is CC1(C)C[C@@H](N2N=C(N)CC2=O)CCO1. The highest BCUT2D eigenvalue weighted by atomic mass is 16.5. The highest BCUT2D eigenvalue weighted by Crippen LogP contribution is 2.29. The Kier molecular flexibility index (Phi) is 2.42. The molecule has 0 aromatic heterocycles. The third kappa shape index (κ3) is 2.12. The van der Waals surface area contributed by atoms with Gasteiger partial charge < -0.3 is 10.5 Å². The van der Waals surface area contributed by atoms with Gasteiger partial charge in [-0.15, -0.1) is 0 Å². The summed E-state index contributed by atoms with van der Waals surface area (Å²) < 4.78 is 5.60. The third-order valence-electron chi connectivity index (χ3n) is 2.84. The highest BCUT2D eigenvalue weighted by Gasteiger charge is 2.36. The van der Waals surface area contributed by atoms with Crippen molar-refractivity contribution in [1.29, 1.82) is 0 Å². The molecule has 1 atom stereocenters. The minimum absolute atomic E-state index is 0.00944. The Morgan fingerprint density at radius 2 is 2.33 bits per heavy atom. The van der Waals surface area contributed by atoms with Gasteiger partial charge >= 0.3 is 0 Å². The van der Waals surface area contributed by atoms with Gasteiger partial charge in [0.15, 0.2) is 0 Å². The second-order valence-electron chi connectivity index (χ2n) is 4.76.